The van der Waals surface area contributed by atoms with Crippen molar-refractivity contribution in [3.05, 3.63) is 11.8 Å². The molecule has 2 atom stereocenters. The van der Waals surface area contributed by atoms with E-state index in [1.54, 1.807) is 0 Å². The molecule has 3 aliphatic rings. The van der Waals surface area contributed by atoms with E-state index in [2.05, 4.69) is 11.4 Å². The molecule has 1 amide bonds. The van der Waals surface area contributed by atoms with E-state index in [1.807, 2.05) is 0 Å². The Morgan fingerprint density at radius 1 is 1.16 bits per heavy atom. The summed E-state index contributed by atoms with van der Waals surface area (Å²) < 4.78 is 11.8. The van der Waals surface area contributed by atoms with Gasteiger partial charge in [-0.3, -0.25) is 4.79 Å². The molecule has 1 aliphatic heterocycles. The summed E-state index contributed by atoms with van der Waals surface area (Å²) in [6.45, 7) is 0.759. The number of nitrogens with one attached hydrogen (secondary N) is 1. The van der Waals surface area contributed by atoms with Gasteiger partial charge < -0.3 is 19.9 Å². The first kappa shape index (κ1) is 18.7. The first-order valence-corrected chi connectivity index (χ1v) is 10.2. The maximum absolute atomic E-state index is 12.6. The van der Waals surface area contributed by atoms with Gasteiger partial charge in [-0.2, -0.15) is 0 Å². The summed E-state index contributed by atoms with van der Waals surface area (Å²) in [6.07, 6.45) is 13.9. The van der Waals surface area contributed by atoms with Gasteiger partial charge in [-0.1, -0.05) is 19.3 Å². The van der Waals surface area contributed by atoms with Crippen molar-refractivity contribution in [2.45, 2.75) is 83.0 Å². The van der Waals surface area contributed by atoms with E-state index in [1.165, 1.54) is 38.5 Å². The molecule has 0 bridgehead atoms. The van der Waals surface area contributed by atoms with Crippen LogP contribution in [0.2, 0.25) is 0 Å². The van der Waals surface area contributed by atoms with Crippen molar-refractivity contribution in [2.24, 2.45) is 11.8 Å². The summed E-state index contributed by atoms with van der Waals surface area (Å²) in [7, 11) is 0. The minimum atomic E-state index is -0.335. The Labute approximate surface area is 151 Å². The van der Waals surface area contributed by atoms with Gasteiger partial charge in [0.25, 0.3) is 5.91 Å². The average molecular weight is 351 g/mol. The highest BCUT2D eigenvalue weighted by Crippen LogP contribution is 2.37. The lowest BCUT2D eigenvalue weighted by Crippen LogP contribution is -2.42. The van der Waals surface area contributed by atoms with Crippen LogP contribution in [0.3, 0.4) is 0 Å². The van der Waals surface area contributed by atoms with Crippen LogP contribution in [-0.2, 0) is 14.3 Å². The smallest absolute Gasteiger partial charge is 0.286 e. The number of allylic oxidation sites excluding steroid dienone is 1. The lowest BCUT2D eigenvalue weighted by molar-refractivity contribution is -0.152. The third-order valence-corrected chi connectivity index (χ3v) is 5.86. The van der Waals surface area contributed by atoms with Crippen LogP contribution in [-0.4, -0.2) is 36.6 Å². The van der Waals surface area contributed by atoms with Crippen LogP contribution in [0.1, 0.15) is 70.6 Å². The molecule has 2 aliphatic carbocycles. The van der Waals surface area contributed by atoms with Crippen molar-refractivity contribution < 1.29 is 19.4 Å². The number of aliphatic hydroxyl groups is 1. The highest BCUT2D eigenvalue weighted by molar-refractivity contribution is 5.91. The van der Waals surface area contributed by atoms with E-state index < -0.39 is 0 Å². The second-order valence-electron chi connectivity index (χ2n) is 7.78. The van der Waals surface area contributed by atoms with E-state index in [9.17, 15) is 4.79 Å². The largest absolute Gasteiger partial charge is 0.459 e. The Hall–Kier alpha value is -1.07. The SMILES string of the molecule is O=C(NC1CCC1)C1=C[C@@H](C2CCCCC2)C[C@@H](OCCCCO)O1. The Morgan fingerprint density at radius 2 is 1.96 bits per heavy atom. The molecule has 1 heterocycles. The zero-order valence-electron chi connectivity index (χ0n) is 15.3. The number of carbonyl (C=O) groups is 1. The molecule has 5 nitrogen and oxygen atoms in total. The Kier molecular flexibility index (Phi) is 7.17. The van der Waals surface area contributed by atoms with E-state index in [4.69, 9.17) is 14.6 Å². The molecule has 0 spiro atoms. The summed E-state index contributed by atoms with van der Waals surface area (Å²) in [6, 6.07) is 0.316. The minimum Gasteiger partial charge on any atom is -0.459 e. The molecule has 25 heavy (non-hydrogen) atoms. The summed E-state index contributed by atoms with van der Waals surface area (Å²) >= 11 is 0. The second-order valence-corrected chi connectivity index (χ2v) is 7.78. The maximum atomic E-state index is 12.6. The molecule has 0 aromatic heterocycles. The molecule has 0 unspecified atom stereocenters. The molecule has 0 radical (unpaired) electrons. The molecule has 0 saturated heterocycles. The third kappa shape index (κ3) is 5.45. The normalized spacial score (nSPS) is 28.0. The average Bonchev–Trinajstić information content (AvgIpc) is 2.62. The fraction of sp³-hybridized carbons (Fsp3) is 0.850. The Morgan fingerprint density at radius 3 is 2.64 bits per heavy atom. The van der Waals surface area contributed by atoms with Gasteiger partial charge >= 0.3 is 0 Å². The lowest BCUT2D eigenvalue weighted by Gasteiger charge is -2.35. The number of hydrogen-bond acceptors (Lipinski definition) is 4. The monoisotopic (exact) mass is 351 g/mol. The number of rotatable bonds is 8. The molecule has 0 aromatic rings. The van der Waals surface area contributed by atoms with Gasteiger partial charge in [-0.05, 0) is 62.9 Å². The zero-order valence-corrected chi connectivity index (χ0v) is 15.3. The topological polar surface area (TPSA) is 67.8 Å². The van der Waals surface area contributed by atoms with Gasteiger partial charge in [-0.15, -0.1) is 0 Å². The Bertz CT molecular complexity index is 455. The number of amides is 1. The van der Waals surface area contributed by atoms with Gasteiger partial charge in [-0.25, -0.2) is 0 Å². The zero-order chi connectivity index (χ0) is 17.5. The predicted octanol–water partition coefficient (Wildman–Crippen LogP) is 3.27. The van der Waals surface area contributed by atoms with Crippen molar-refractivity contribution in [1.82, 2.24) is 5.32 Å². The van der Waals surface area contributed by atoms with E-state index in [0.717, 1.165) is 32.1 Å². The van der Waals surface area contributed by atoms with Gasteiger partial charge in [0.05, 0.1) is 6.61 Å². The highest BCUT2D eigenvalue weighted by Gasteiger charge is 2.33. The molecule has 3 rings (SSSR count). The molecule has 2 fully saturated rings. The second kappa shape index (κ2) is 9.58. The molecule has 2 N–H and O–H groups in total. The van der Waals surface area contributed by atoms with E-state index in [0.29, 0.717) is 30.2 Å². The molecular formula is C20H33NO4. The number of carbonyl (C=O) groups excluding carboxylic acids is 1. The van der Waals surface area contributed by atoms with Crippen molar-refractivity contribution in [2.75, 3.05) is 13.2 Å². The number of aliphatic hydroxyl groups excluding tert-OH is 1. The van der Waals surface area contributed by atoms with E-state index in [-0.39, 0.29) is 18.8 Å². The minimum absolute atomic E-state index is 0.0748. The summed E-state index contributed by atoms with van der Waals surface area (Å²) in [5, 5.41) is 12.0. The van der Waals surface area contributed by atoms with Crippen LogP contribution >= 0.6 is 0 Å². The van der Waals surface area contributed by atoms with Gasteiger partial charge in [0.2, 0.25) is 6.29 Å². The van der Waals surface area contributed by atoms with Crippen molar-refractivity contribution in [3.63, 3.8) is 0 Å². The van der Waals surface area contributed by atoms with Crippen LogP contribution in [0.25, 0.3) is 0 Å². The number of ether oxygens (including phenoxy) is 2. The van der Waals surface area contributed by atoms with Crippen molar-refractivity contribution >= 4 is 5.91 Å². The fourth-order valence-corrected chi connectivity index (χ4v) is 4.07. The Balaban J connectivity index is 1.60. The van der Waals surface area contributed by atoms with Crippen LogP contribution in [0.5, 0.6) is 0 Å². The third-order valence-electron chi connectivity index (χ3n) is 5.86. The van der Waals surface area contributed by atoms with Crippen LogP contribution in [0.4, 0.5) is 0 Å². The summed E-state index contributed by atoms with van der Waals surface area (Å²) in [5.74, 6) is 1.40. The fourth-order valence-electron chi connectivity index (χ4n) is 4.07. The predicted molar refractivity (Wildman–Crippen MR) is 95.7 cm³/mol. The standard InChI is InChI=1S/C20H33NO4/c22-11-4-5-12-24-19-14-16(15-7-2-1-3-8-15)13-18(25-19)20(23)21-17-9-6-10-17/h13,15-17,19,22H,1-12,14H2,(H,21,23)/t16-,19+/m1/s1. The lowest BCUT2D eigenvalue weighted by atomic mass is 9.77. The molecular weight excluding hydrogens is 318 g/mol. The molecule has 2 saturated carbocycles. The van der Waals surface area contributed by atoms with Crippen LogP contribution in [0.15, 0.2) is 11.8 Å². The van der Waals surface area contributed by atoms with Gasteiger partial charge in [0.1, 0.15) is 0 Å². The van der Waals surface area contributed by atoms with Crippen molar-refractivity contribution in [1.29, 1.82) is 0 Å². The van der Waals surface area contributed by atoms with Gasteiger partial charge in [0.15, 0.2) is 5.76 Å². The molecule has 142 valence electrons. The van der Waals surface area contributed by atoms with Crippen molar-refractivity contribution in [3.8, 4) is 0 Å². The quantitative estimate of drug-likeness (QED) is 0.659. The summed E-state index contributed by atoms with van der Waals surface area (Å²) in [4.78, 5) is 12.6. The highest BCUT2D eigenvalue weighted by atomic mass is 16.7. The molecule has 5 heteroatoms. The number of unbranched alkanes of at least 4 members (excludes halogenated alkanes) is 1. The summed E-state index contributed by atoms with van der Waals surface area (Å²) in [5.41, 5.74) is 0. The van der Waals surface area contributed by atoms with Crippen LogP contribution < -0.4 is 5.32 Å². The van der Waals surface area contributed by atoms with E-state index >= 15 is 0 Å². The van der Waals surface area contributed by atoms with Crippen LogP contribution in [0, 0.1) is 11.8 Å². The first-order valence-electron chi connectivity index (χ1n) is 10.2. The maximum Gasteiger partial charge on any atom is 0.286 e. The molecule has 0 aromatic carbocycles. The first-order chi connectivity index (χ1) is 12.3. The number of hydrogen-bond donors (Lipinski definition) is 2. The van der Waals surface area contributed by atoms with Gasteiger partial charge in [0, 0.05) is 19.1 Å².